The van der Waals surface area contributed by atoms with E-state index in [0.717, 1.165) is 5.82 Å². The Bertz CT molecular complexity index is 540. The topological polar surface area (TPSA) is 65.5 Å². The number of anilines is 2. The standard InChI is InChI=1S/C16H24N4O2/c1-11(2)9-20-10-12(7-15(20)21)16(22)18-13-5-6-14(17-8-13)19(3)4/h5-6,8,11-12H,7,9-10H2,1-4H3,(H,18,22). The average Bonchev–Trinajstić information content (AvgIpc) is 2.80. The quantitative estimate of drug-likeness (QED) is 0.897. The molecule has 1 aromatic rings. The summed E-state index contributed by atoms with van der Waals surface area (Å²) in [5.74, 6) is 0.916. The maximum Gasteiger partial charge on any atom is 0.229 e. The van der Waals surface area contributed by atoms with Crippen molar-refractivity contribution in [3.8, 4) is 0 Å². The third-order valence-electron chi connectivity index (χ3n) is 3.64. The second-order valence-electron chi connectivity index (χ2n) is 6.38. The molecule has 1 saturated heterocycles. The van der Waals surface area contributed by atoms with Gasteiger partial charge in [-0.15, -0.1) is 0 Å². The van der Waals surface area contributed by atoms with E-state index in [0.29, 0.717) is 31.1 Å². The van der Waals surface area contributed by atoms with Crippen molar-refractivity contribution >= 4 is 23.3 Å². The fourth-order valence-corrected chi connectivity index (χ4v) is 2.53. The lowest BCUT2D eigenvalue weighted by Gasteiger charge is -2.18. The van der Waals surface area contributed by atoms with Gasteiger partial charge >= 0.3 is 0 Å². The first kappa shape index (κ1) is 16.3. The largest absolute Gasteiger partial charge is 0.363 e. The molecule has 22 heavy (non-hydrogen) atoms. The Hall–Kier alpha value is -2.11. The van der Waals surface area contributed by atoms with E-state index in [1.165, 1.54) is 0 Å². The first-order valence-corrected chi connectivity index (χ1v) is 7.59. The Morgan fingerprint density at radius 2 is 2.18 bits per heavy atom. The smallest absolute Gasteiger partial charge is 0.229 e. The van der Waals surface area contributed by atoms with E-state index in [4.69, 9.17) is 0 Å². The van der Waals surface area contributed by atoms with Gasteiger partial charge < -0.3 is 15.1 Å². The molecule has 1 atom stereocenters. The van der Waals surface area contributed by atoms with Gasteiger partial charge in [0.1, 0.15) is 5.82 Å². The molecule has 0 bridgehead atoms. The minimum atomic E-state index is -0.278. The molecular formula is C16H24N4O2. The maximum absolute atomic E-state index is 12.3. The molecule has 1 N–H and O–H groups in total. The first-order chi connectivity index (χ1) is 10.4. The Labute approximate surface area is 131 Å². The van der Waals surface area contributed by atoms with Crippen molar-refractivity contribution < 1.29 is 9.59 Å². The number of aromatic nitrogens is 1. The highest BCUT2D eigenvalue weighted by Crippen LogP contribution is 2.21. The molecule has 1 fully saturated rings. The zero-order valence-corrected chi connectivity index (χ0v) is 13.7. The predicted octanol–water partition coefficient (Wildman–Crippen LogP) is 1.59. The molecule has 1 aliphatic heterocycles. The van der Waals surface area contributed by atoms with Crippen LogP contribution < -0.4 is 10.2 Å². The Balaban J connectivity index is 1.94. The second-order valence-corrected chi connectivity index (χ2v) is 6.38. The highest BCUT2D eigenvalue weighted by atomic mass is 16.2. The van der Waals surface area contributed by atoms with Crippen LogP contribution in [-0.4, -0.2) is 48.9 Å². The lowest BCUT2D eigenvalue weighted by atomic mass is 10.1. The molecule has 6 heteroatoms. The van der Waals surface area contributed by atoms with Crippen LogP contribution >= 0.6 is 0 Å². The van der Waals surface area contributed by atoms with Gasteiger partial charge in [-0.25, -0.2) is 4.98 Å². The van der Waals surface area contributed by atoms with Crippen LogP contribution in [0.25, 0.3) is 0 Å². The number of amides is 2. The number of carbonyl (C=O) groups excluding carboxylic acids is 2. The Morgan fingerprint density at radius 1 is 1.45 bits per heavy atom. The fourth-order valence-electron chi connectivity index (χ4n) is 2.53. The average molecular weight is 304 g/mol. The number of nitrogens with one attached hydrogen (secondary N) is 1. The van der Waals surface area contributed by atoms with E-state index in [1.54, 1.807) is 11.1 Å². The van der Waals surface area contributed by atoms with Crippen LogP contribution in [0.2, 0.25) is 0 Å². The summed E-state index contributed by atoms with van der Waals surface area (Å²) in [6.07, 6.45) is 1.93. The molecule has 6 nitrogen and oxygen atoms in total. The summed E-state index contributed by atoms with van der Waals surface area (Å²) >= 11 is 0. The van der Waals surface area contributed by atoms with Crippen LogP contribution in [0.3, 0.4) is 0 Å². The third-order valence-corrected chi connectivity index (χ3v) is 3.64. The number of pyridine rings is 1. The van der Waals surface area contributed by atoms with Crippen LogP contribution in [0.15, 0.2) is 18.3 Å². The van der Waals surface area contributed by atoms with E-state index >= 15 is 0 Å². The number of hydrogen-bond acceptors (Lipinski definition) is 4. The summed E-state index contributed by atoms with van der Waals surface area (Å²) in [6.45, 7) is 5.35. The van der Waals surface area contributed by atoms with E-state index in [9.17, 15) is 9.59 Å². The molecule has 2 rings (SSSR count). The molecular weight excluding hydrogens is 280 g/mol. The number of carbonyl (C=O) groups is 2. The summed E-state index contributed by atoms with van der Waals surface area (Å²) in [6, 6.07) is 3.67. The van der Waals surface area contributed by atoms with Gasteiger partial charge in [-0.3, -0.25) is 9.59 Å². The van der Waals surface area contributed by atoms with Gasteiger partial charge in [0.05, 0.1) is 17.8 Å². The minimum absolute atomic E-state index is 0.0648. The lowest BCUT2D eigenvalue weighted by molar-refractivity contribution is -0.128. The zero-order chi connectivity index (χ0) is 16.3. The van der Waals surface area contributed by atoms with Crippen molar-refractivity contribution in [3.05, 3.63) is 18.3 Å². The molecule has 0 spiro atoms. The molecule has 0 aliphatic carbocycles. The SMILES string of the molecule is CC(C)CN1CC(C(=O)Nc2ccc(N(C)C)nc2)CC1=O. The van der Waals surface area contributed by atoms with E-state index in [1.807, 2.05) is 31.1 Å². The number of hydrogen-bond donors (Lipinski definition) is 1. The van der Waals surface area contributed by atoms with Gasteiger partial charge in [0.2, 0.25) is 11.8 Å². The normalized spacial score (nSPS) is 18.0. The summed E-state index contributed by atoms with van der Waals surface area (Å²) in [5.41, 5.74) is 0.658. The minimum Gasteiger partial charge on any atom is -0.363 e. The number of rotatable bonds is 5. The number of likely N-dealkylation sites (tertiary alicyclic amines) is 1. The fraction of sp³-hybridized carbons (Fsp3) is 0.562. The van der Waals surface area contributed by atoms with Crippen molar-refractivity contribution in [1.82, 2.24) is 9.88 Å². The van der Waals surface area contributed by atoms with Gasteiger partial charge in [0.15, 0.2) is 0 Å². The molecule has 2 amide bonds. The van der Waals surface area contributed by atoms with E-state index < -0.39 is 0 Å². The van der Waals surface area contributed by atoms with Crippen LogP contribution in [0.5, 0.6) is 0 Å². The highest BCUT2D eigenvalue weighted by molar-refractivity contribution is 5.97. The molecule has 2 heterocycles. The van der Waals surface area contributed by atoms with Crippen LogP contribution in [0.4, 0.5) is 11.5 Å². The monoisotopic (exact) mass is 304 g/mol. The van der Waals surface area contributed by atoms with E-state index in [-0.39, 0.29) is 17.7 Å². The molecule has 1 aromatic heterocycles. The Morgan fingerprint density at radius 3 is 2.73 bits per heavy atom. The zero-order valence-electron chi connectivity index (χ0n) is 13.7. The van der Waals surface area contributed by atoms with Crippen molar-refractivity contribution in [3.63, 3.8) is 0 Å². The van der Waals surface area contributed by atoms with Gasteiger partial charge in [-0.1, -0.05) is 13.8 Å². The Kier molecular flexibility index (Phi) is 5.00. The first-order valence-electron chi connectivity index (χ1n) is 7.59. The lowest BCUT2D eigenvalue weighted by Crippen LogP contribution is -2.31. The molecule has 0 aromatic carbocycles. The number of nitrogens with zero attached hydrogens (tertiary/aromatic N) is 3. The molecule has 1 aliphatic rings. The van der Waals surface area contributed by atoms with Gasteiger partial charge in [-0.2, -0.15) is 0 Å². The third kappa shape index (κ3) is 3.96. The molecule has 0 saturated carbocycles. The van der Waals surface area contributed by atoms with Gasteiger partial charge in [0.25, 0.3) is 0 Å². The second kappa shape index (κ2) is 6.77. The van der Waals surface area contributed by atoms with E-state index in [2.05, 4.69) is 24.1 Å². The molecule has 120 valence electrons. The summed E-state index contributed by atoms with van der Waals surface area (Å²) in [7, 11) is 3.82. The summed E-state index contributed by atoms with van der Waals surface area (Å²) in [5, 5.41) is 2.85. The van der Waals surface area contributed by atoms with Crippen molar-refractivity contribution in [2.75, 3.05) is 37.4 Å². The summed E-state index contributed by atoms with van der Waals surface area (Å²) < 4.78 is 0. The summed E-state index contributed by atoms with van der Waals surface area (Å²) in [4.78, 5) is 32.1. The van der Waals surface area contributed by atoms with Crippen molar-refractivity contribution in [1.29, 1.82) is 0 Å². The molecule has 0 radical (unpaired) electrons. The van der Waals surface area contributed by atoms with Crippen molar-refractivity contribution in [2.45, 2.75) is 20.3 Å². The van der Waals surface area contributed by atoms with Gasteiger partial charge in [-0.05, 0) is 18.1 Å². The highest BCUT2D eigenvalue weighted by Gasteiger charge is 2.34. The predicted molar refractivity (Wildman–Crippen MR) is 86.7 cm³/mol. The maximum atomic E-state index is 12.3. The van der Waals surface area contributed by atoms with Gasteiger partial charge in [0, 0.05) is 33.6 Å². The molecule has 1 unspecified atom stereocenters. The van der Waals surface area contributed by atoms with Crippen LogP contribution in [0, 0.1) is 11.8 Å². The van der Waals surface area contributed by atoms with Crippen LogP contribution in [0.1, 0.15) is 20.3 Å². The van der Waals surface area contributed by atoms with Crippen LogP contribution in [-0.2, 0) is 9.59 Å². The van der Waals surface area contributed by atoms with Crippen molar-refractivity contribution in [2.24, 2.45) is 11.8 Å².